The van der Waals surface area contributed by atoms with Crippen molar-refractivity contribution in [1.82, 2.24) is 24.7 Å². The Bertz CT molecular complexity index is 521. The number of aliphatic hydroxyl groups excluding tert-OH is 1. The smallest absolute Gasteiger partial charge is 0.187 e. The molecule has 140 valence electrons. The van der Waals surface area contributed by atoms with E-state index in [1.54, 1.807) is 11.8 Å². The summed E-state index contributed by atoms with van der Waals surface area (Å²) in [6, 6.07) is 1.14. The third kappa shape index (κ3) is 5.14. The van der Waals surface area contributed by atoms with E-state index in [-0.39, 0.29) is 6.61 Å². The van der Waals surface area contributed by atoms with E-state index in [0.717, 1.165) is 37.8 Å². The summed E-state index contributed by atoms with van der Waals surface area (Å²) in [6.07, 6.45) is 9.26. The summed E-state index contributed by atoms with van der Waals surface area (Å²) in [5, 5.41) is 10.4. The van der Waals surface area contributed by atoms with Gasteiger partial charge in [-0.1, -0.05) is 11.8 Å². The van der Waals surface area contributed by atoms with Crippen LogP contribution in [0.2, 0.25) is 0 Å². The molecular formula is C18H31N5OS. The van der Waals surface area contributed by atoms with Crippen LogP contribution in [0.15, 0.2) is 17.6 Å². The summed E-state index contributed by atoms with van der Waals surface area (Å²) < 4.78 is 0. The lowest BCUT2D eigenvalue weighted by Gasteiger charge is -2.47. The summed E-state index contributed by atoms with van der Waals surface area (Å²) in [5.41, 5.74) is 1.17. The monoisotopic (exact) mass is 365 g/mol. The molecule has 0 radical (unpaired) electrons. The zero-order valence-corrected chi connectivity index (χ0v) is 16.3. The highest BCUT2D eigenvalue weighted by atomic mass is 32.2. The van der Waals surface area contributed by atoms with Crippen molar-refractivity contribution in [2.45, 2.75) is 43.0 Å². The van der Waals surface area contributed by atoms with E-state index in [4.69, 9.17) is 0 Å². The molecule has 0 unspecified atom stereocenters. The van der Waals surface area contributed by atoms with Gasteiger partial charge in [0.2, 0.25) is 0 Å². The molecule has 1 aromatic rings. The fourth-order valence-corrected chi connectivity index (χ4v) is 4.40. The van der Waals surface area contributed by atoms with Gasteiger partial charge in [0.15, 0.2) is 5.16 Å². The Morgan fingerprint density at radius 2 is 1.88 bits per heavy atom. The van der Waals surface area contributed by atoms with E-state index in [1.165, 1.54) is 31.5 Å². The van der Waals surface area contributed by atoms with Gasteiger partial charge in [-0.25, -0.2) is 9.97 Å². The molecule has 1 N–H and O–H groups in total. The molecule has 0 aliphatic carbocycles. The number of aliphatic hydroxyl groups is 1. The molecule has 0 saturated carbocycles. The van der Waals surface area contributed by atoms with Gasteiger partial charge in [0.25, 0.3) is 0 Å². The summed E-state index contributed by atoms with van der Waals surface area (Å²) >= 11 is 1.57. The van der Waals surface area contributed by atoms with Crippen LogP contribution in [0, 0.1) is 0 Å². The van der Waals surface area contributed by atoms with Crippen molar-refractivity contribution in [3.8, 4) is 0 Å². The summed E-state index contributed by atoms with van der Waals surface area (Å²) in [4.78, 5) is 16.4. The van der Waals surface area contributed by atoms with Crippen molar-refractivity contribution < 1.29 is 5.11 Å². The first-order valence-corrected chi connectivity index (χ1v) is 10.5. The van der Waals surface area contributed by atoms with Crippen molar-refractivity contribution in [2.24, 2.45) is 0 Å². The maximum absolute atomic E-state index is 9.53. The second kappa shape index (κ2) is 9.28. The van der Waals surface area contributed by atoms with Crippen LogP contribution in [0.1, 0.15) is 24.8 Å². The molecule has 0 bridgehead atoms. The lowest BCUT2D eigenvalue weighted by molar-refractivity contribution is 0.00593. The van der Waals surface area contributed by atoms with Crippen molar-refractivity contribution >= 4 is 11.8 Å². The third-order valence-corrected chi connectivity index (χ3v) is 6.08. The Kier molecular flexibility index (Phi) is 7.07. The quantitative estimate of drug-likeness (QED) is 0.600. The van der Waals surface area contributed by atoms with Gasteiger partial charge in [-0.15, -0.1) is 0 Å². The minimum Gasteiger partial charge on any atom is -0.396 e. The van der Waals surface area contributed by atoms with E-state index < -0.39 is 0 Å². The third-order valence-electron chi connectivity index (χ3n) is 5.50. The Morgan fingerprint density at radius 3 is 2.52 bits per heavy atom. The molecule has 1 atom stereocenters. The minimum absolute atomic E-state index is 0.271. The fourth-order valence-electron chi connectivity index (χ4n) is 4.08. The van der Waals surface area contributed by atoms with Gasteiger partial charge in [0.1, 0.15) is 0 Å². The predicted molar refractivity (Wildman–Crippen MR) is 102 cm³/mol. The van der Waals surface area contributed by atoms with Crippen molar-refractivity contribution in [2.75, 3.05) is 52.6 Å². The lowest BCUT2D eigenvalue weighted by atomic mass is 9.98. The second-order valence-corrected chi connectivity index (χ2v) is 8.02. The van der Waals surface area contributed by atoms with Gasteiger partial charge in [-0.3, -0.25) is 9.80 Å². The van der Waals surface area contributed by atoms with Crippen molar-refractivity contribution in [3.05, 3.63) is 18.0 Å². The van der Waals surface area contributed by atoms with Crippen molar-refractivity contribution in [1.29, 1.82) is 0 Å². The van der Waals surface area contributed by atoms with Crippen molar-refractivity contribution in [3.63, 3.8) is 0 Å². The second-order valence-electron chi connectivity index (χ2n) is 7.25. The largest absolute Gasteiger partial charge is 0.396 e. The van der Waals surface area contributed by atoms with Crippen LogP contribution in [0.3, 0.4) is 0 Å². The molecule has 2 fully saturated rings. The number of piperidine rings is 1. The van der Waals surface area contributed by atoms with Crippen LogP contribution >= 0.6 is 11.8 Å². The number of thioether (sulfide) groups is 1. The van der Waals surface area contributed by atoms with Crippen LogP contribution in [0.4, 0.5) is 0 Å². The molecule has 2 aliphatic rings. The number of hydrogen-bond acceptors (Lipinski definition) is 7. The number of aromatic nitrogens is 2. The number of rotatable bonds is 6. The molecule has 25 heavy (non-hydrogen) atoms. The van der Waals surface area contributed by atoms with Gasteiger partial charge >= 0.3 is 0 Å². The molecule has 6 nitrogen and oxygen atoms in total. The Morgan fingerprint density at radius 1 is 1.16 bits per heavy atom. The summed E-state index contributed by atoms with van der Waals surface area (Å²) in [6.45, 7) is 6.76. The highest BCUT2D eigenvalue weighted by Gasteiger charge is 2.33. The molecule has 1 aromatic heterocycles. The number of nitrogens with zero attached hydrogens (tertiary/aromatic N) is 5. The van der Waals surface area contributed by atoms with E-state index in [1.807, 2.05) is 18.6 Å². The Labute approximate surface area is 155 Å². The van der Waals surface area contributed by atoms with Crippen LogP contribution in [0.25, 0.3) is 0 Å². The van der Waals surface area contributed by atoms with Crippen LogP contribution in [0.5, 0.6) is 0 Å². The number of hydrogen-bond donors (Lipinski definition) is 1. The number of likely N-dealkylation sites (tertiary alicyclic amines) is 1. The molecule has 2 aliphatic heterocycles. The average molecular weight is 366 g/mol. The van der Waals surface area contributed by atoms with Crippen LogP contribution < -0.4 is 0 Å². The zero-order chi connectivity index (χ0) is 17.6. The first-order chi connectivity index (χ1) is 12.2. The SMILES string of the molecule is CSc1ncc(CN2CCN(C3CCN(C)CC3)[C@@H](CCO)C2)cn1. The van der Waals surface area contributed by atoms with E-state index >= 15 is 0 Å². The molecule has 3 rings (SSSR count). The molecule has 3 heterocycles. The van der Waals surface area contributed by atoms with Gasteiger partial charge in [-0.05, 0) is 45.7 Å². The Balaban J connectivity index is 1.58. The zero-order valence-electron chi connectivity index (χ0n) is 15.5. The van der Waals surface area contributed by atoms with Gasteiger partial charge < -0.3 is 10.0 Å². The molecule has 0 aromatic carbocycles. The highest BCUT2D eigenvalue weighted by molar-refractivity contribution is 7.98. The molecule has 2 saturated heterocycles. The molecular weight excluding hydrogens is 334 g/mol. The highest BCUT2D eigenvalue weighted by Crippen LogP contribution is 2.23. The first-order valence-electron chi connectivity index (χ1n) is 9.32. The predicted octanol–water partition coefficient (Wildman–Crippen LogP) is 1.16. The maximum atomic E-state index is 9.53. The number of piperazine rings is 1. The Hall–Kier alpha value is -0.730. The molecule has 7 heteroatoms. The standard InChI is InChI=1S/C18H31N5OS/c1-21-6-3-16(4-7-21)23-9-8-22(14-17(23)5-10-24)13-15-11-19-18(25-2)20-12-15/h11-12,16-17,24H,3-10,13-14H2,1-2H3/t17-/m0/s1. The first kappa shape index (κ1) is 19.0. The summed E-state index contributed by atoms with van der Waals surface area (Å²) in [7, 11) is 2.21. The van der Waals surface area contributed by atoms with Gasteiger partial charge in [-0.2, -0.15) is 0 Å². The maximum Gasteiger partial charge on any atom is 0.187 e. The van der Waals surface area contributed by atoms with Gasteiger partial charge in [0, 0.05) is 62.8 Å². The van der Waals surface area contributed by atoms with E-state index in [2.05, 4.69) is 31.7 Å². The average Bonchev–Trinajstić information content (AvgIpc) is 2.64. The van der Waals surface area contributed by atoms with Gasteiger partial charge in [0.05, 0.1) is 0 Å². The van der Waals surface area contributed by atoms with Crippen LogP contribution in [-0.4, -0.2) is 94.5 Å². The van der Waals surface area contributed by atoms with Crippen LogP contribution in [-0.2, 0) is 6.54 Å². The molecule has 0 amide bonds. The fraction of sp³-hybridized carbons (Fsp3) is 0.778. The van der Waals surface area contributed by atoms with E-state index in [9.17, 15) is 5.11 Å². The normalized spacial score (nSPS) is 24.7. The minimum atomic E-state index is 0.271. The lowest BCUT2D eigenvalue weighted by Crippen LogP contribution is -2.58. The van der Waals surface area contributed by atoms with E-state index in [0.29, 0.717) is 12.1 Å². The molecule has 0 spiro atoms. The summed E-state index contributed by atoms with van der Waals surface area (Å²) in [5.74, 6) is 0. The topological polar surface area (TPSA) is 55.7 Å².